The quantitative estimate of drug-likeness (QED) is 0.681. The second-order valence-corrected chi connectivity index (χ2v) is 7.12. The van der Waals surface area contributed by atoms with Gasteiger partial charge in [-0.3, -0.25) is 0 Å². The molecule has 3 heterocycles. The summed E-state index contributed by atoms with van der Waals surface area (Å²) in [6.45, 7) is 6.20. The largest absolute Gasteiger partial charge is 0.493 e. The van der Waals surface area contributed by atoms with Gasteiger partial charge in [0.25, 0.3) is 0 Å². The number of para-hydroxylation sites is 1. The van der Waals surface area contributed by atoms with E-state index in [2.05, 4.69) is 17.0 Å². The molecule has 0 spiro atoms. The van der Waals surface area contributed by atoms with Crippen LogP contribution >= 0.6 is 0 Å². The molecule has 1 aromatic carbocycles. The van der Waals surface area contributed by atoms with Gasteiger partial charge >= 0.3 is 0 Å². The first kappa shape index (κ1) is 17.5. The van der Waals surface area contributed by atoms with E-state index in [1.807, 2.05) is 55.0 Å². The summed E-state index contributed by atoms with van der Waals surface area (Å²) in [5, 5.41) is 4.54. The van der Waals surface area contributed by atoms with Gasteiger partial charge in [0.1, 0.15) is 11.4 Å². The number of unbranched alkanes of at least 4 members (excludes halogenated alkanes) is 1. The van der Waals surface area contributed by atoms with Crippen LogP contribution in [-0.2, 0) is 0 Å². The third kappa shape index (κ3) is 3.05. The zero-order valence-electron chi connectivity index (χ0n) is 16.2. The average molecular weight is 364 g/mol. The summed E-state index contributed by atoms with van der Waals surface area (Å²) in [6, 6.07) is 7.88. The van der Waals surface area contributed by atoms with Gasteiger partial charge in [-0.2, -0.15) is 5.10 Å². The lowest BCUT2D eigenvalue weighted by Gasteiger charge is -2.33. The van der Waals surface area contributed by atoms with Gasteiger partial charge in [-0.25, -0.2) is 14.5 Å². The summed E-state index contributed by atoms with van der Waals surface area (Å²) >= 11 is 0. The van der Waals surface area contributed by atoms with Crippen molar-refractivity contribution in [3.8, 4) is 11.5 Å². The Morgan fingerprint density at radius 1 is 1.26 bits per heavy atom. The maximum absolute atomic E-state index is 6.34. The number of ether oxygens (including phenoxy) is 2. The average Bonchev–Trinajstić information content (AvgIpc) is 3.08. The van der Waals surface area contributed by atoms with Crippen molar-refractivity contribution in [2.45, 2.75) is 45.8 Å². The molecular weight excluding hydrogens is 340 g/mol. The van der Waals surface area contributed by atoms with E-state index in [4.69, 9.17) is 14.5 Å². The van der Waals surface area contributed by atoms with Crippen molar-refractivity contribution < 1.29 is 9.47 Å². The molecule has 3 aromatic rings. The van der Waals surface area contributed by atoms with Crippen molar-refractivity contribution >= 4 is 11.4 Å². The van der Waals surface area contributed by atoms with Crippen molar-refractivity contribution in [3.63, 3.8) is 0 Å². The fourth-order valence-electron chi connectivity index (χ4n) is 3.45. The molecule has 1 aliphatic heterocycles. The Balaban J connectivity index is 1.92. The first-order chi connectivity index (χ1) is 13.0. The Morgan fingerprint density at radius 3 is 2.89 bits per heavy atom. The molecule has 0 radical (unpaired) electrons. The maximum atomic E-state index is 6.34. The van der Waals surface area contributed by atoms with Crippen molar-refractivity contribution in [2.75, 3.05) is 7.11 Å². The van der Waals surface area contributed by atoms with Crippen LogP contribution in [0.2, 0.25) is 0 Å². The molecule has 0 saturated heterocycles. The normalized spacial score (nSPS) is 18.7. The van der Waals surface area contributed by atoms with Gasteiger partial charge in [0.15, 0.2) is 22.9 Å². The first-order valence-corrected chi connectivity index (χ1v) is 9.31. The molecule has 1 atom stereocenters. The van der Waals surface area contributed by atoms with Crippen LogP contribution in [0.1, 0.15) is 49.9 Å². The molecule has 0 bridgehead atoms. The van der Waals surface area contributed by atoms with Crippen LogP contribution in [0, 0.1) is 6.92 Å². The standard InChI is InChI=1S/C21H24N4O2/c1-5-6-10-21(3)24-19(15-8-7-9-17(26-4)20(15)27-21)16-13-22-18-11-14(2)12-23-25(16)18/h7-9,11-13H,5-6,10H2,1-4H3. The number of benzene rings is 1. The minimum atomic E-state index is -0.651. The lowest BCUT2D eigenvalue weighted by Crippen LogP contribution is -2.36. The molecule has 140 valence electrons. The van der Waals surface area contributed by atoms with Crippen molar-refractivity contribution in [1.29, 1.82) is 0 Å². The molecule has 0 fully saturated rings. The van der Waals surface area contributed by atoms with E-state index in [1.54, 1.807) is 7.11 Å². The number of nitrogens with zero attached hydrogens (tertiary/aromatic N) is 4. The van der Waals surface area contributed by atoms with Crippen LogP contribution < -0.4 is 9.47 Å². The fraction of sp³-hybridized carbons (Fsp3) is 0.381. The highest BCUT2D eigenvalue weighted by molar-refractivity contribution is 6.14. The number of hydrogen-bond donors (Lipinski definition) is 0. The minimum absolute atomic E-state index is 0.651. The number of aryl methyl sites for hydroxylation is 1. The van der Waals surface area contributed by atoms with Crippen LogP contribution in [0.3, 0.4) is 0 Å². The summed E-state index contributed by atoms with van der Waals surface area (Å²) in [7, 11) is 1.66. The van der Waals surface area contributed by atoms with Gasteiger partial charge in [-0.15, -0.1) is 0 Å². The van der Waals surface area contributed by atoms with Crippen LogP contribution in [-0.4, -0.2) is 33.1 Å². The SMILES string of the molecule is CCCCC1(C)N=C(c2cnc3cc(C)cnn23)c2cccc(OC)c2O1. The Bertz CT molecular complexity index is 1020. The zero-order chi connectivity index (χ0) is 19.0. The van der Waals surface area contributed by atoms with Gasteiger partial charge in [0.05, 0.1) is 19.5 Å². The van der Waals surface area contributed by atoms with Crippen LogP contribution in [0.25, 0.3) is 5.65 Å². The molecule has 0 amide bonds. The van der Waals surface area contributed by atoms with E-state index in [0.717, 1.165) is 53.2 Å². The van der Waals surface area contributed by atoms with E-state index in [-0.39, 0.29) is 0 Å². The molecule has 0 aliphatic carbocycles. The second-order valence-electron chi connectivity index (χ2n) is 7.12. The Kier molecular flexibility index (Phi) is 4.34. The molecule has 2 aromatic heterocycles. The van der Waals surface area contributed by atoms with Crippen LogP contribution in [0.4, 0.5) is 0 Å². The number of rotatable bonds is 5. The molecule has 4 rings (SSSR count). The predicted molar refractivity (Wildman–Crippen MR) is 105 cm³/mol. The highest BCUT2D eigenvalue weighted by atomic mass is 16.5. The van der Waals surface area contributed by atoms with Crippen LogP contribution in [0.15, 0.2) is 41.7 Å². The summed E-state index contributed by atoms with van der Waals surface area (Å²) in [6.07, 6.45) is 6.60. The molecule has 1 aliphatic rings. The number of methoxy groups -OCH3 is 1. The van der Waals surface area contributed by atoms with E-state index in [1.165, 1.54) is 0 Å². The van der Waals surface area contributed by atoms with Gasteiger partial charge in [0.2, 0.25) is 0 Å². The number of aliphatic imine (C=N–C) groups is 1. The topological polar surface area (TPSA) is 61.0 Å². The Hall–Kier alpha value is -2.89. The second kappa shape index (κ2) is 6.68. The summed E-state index contributed by atoms with van der Waals surface area (Å²) in [4.78, 5) is 9.55. The summed E-state index contributed by atoms with van der Waals surface area (Å²) in [5.74, 6) is 1.44. The van der Waals surface area contributed by atoms with Gasteiger partial charge in [0, 0.05) is 12.0 Å². The Labute approximate surface area is 158 Å². The molecular formula is C21H24N4O2. The van der Waals surface area contributed by atoms with E-state index < -0.39 is 5.72 Å². The molecule has 6 heteroatoms. The molecule has 6 nitrogen and oxygen atoms in total. The van der Waals surface area contributed by atoms with Crippen molar-refractivity contribution in [3.05, 3.63) is 53.5 Å². The molecule has 0 N–H and O–H groups in total. The molecule has 27 heavy (non-hydrogen) atoms. The number of imidazole rings is 1. The summed E-state index contributed by atoms with van der Waals surface area (Å²) in [5.41, 5.74) is 3.81. The Morgan fingerprint density at radius 2 is 2.11 bits per heavy atom. The van der Waals surface area contributed by atoms with E-state index in [0.29, 0.717) is 5.75 Å². The highest BCUT2D eigenvalue weighted by Gasteiger charge is 2.35. The highest BCUT2D eigenvalue weighted by Crippen LogP contribution is 2.41. The maximum Gasteiger partial charge on any atom is 0.198 e. The molecule has 0 saturated carbocycles. The smallest absolute Gasteiger partial charge is 0.198 e. The third-order valence-electron chi connectivity index (χ3n) is 4.86. The summed E-state index contributed by atoms with van der Waals surface area (Å²) < 4.78 is 13.7. The minimum Gasteiger partial charge on any atom is -0.493 e. The first-order valence-electron chi connectivity index (χ1n) is 9.31. The number of aromatic nitrogens is 3. The van der Waals surface area contributed by atoms with E-state index in [9.17, 15) is 0 Å². The monoisotopic (exact) mass is 364 g/mol. The lowest BCUT2D eigenvalue weighted by molar-refractivity contribution is 0.0783. The predicted octanol–water partition coefficient (Wildman–Crippen LogP) is 4.18. The fourth-order valence-corrected chi connectivity index (χ4v) is 3.45. The van der Waals surface area contributed by atoms with Crippen LogP contribution in [0.5, 0.6) is 11.5 Å². The zero-order valence-corrected chi connectivity index (χ0v) is 16.2. The van der Waals surface area contributed by atoms with Gasteiger partial charge in [-0.1, -0.05) is 19.4 Å². The third-order valence-corrected chi connectivity index (χ3v) is 4.86. The number of fused-ring (bicyclic) bond motifs is 2. The van der Waals surface area contributed by atoms with E-state index >= 15 is 0 Å². The van der Waals surface area contributed by atoms with Crippen molar-refractivity contribution in [1.82, 2.24) is 14.6 Å². The number of hydrogen-bond acceptors (Lipinski definition) is 5. The molecule has 1 unspecified atom stereocenters. The van der Waals surface area contributed by atoms with Crippen molar-refractivity contribution in [2.24, 2.45) is 4.99 Å². The van der Waals surface area contributed by atoms with Gasteiger partial charge in [-0.05, 0) is 44.0 Å². The lowest BCUT2D eigenvalue weighted by atomic mass is 10.00. The van der Waals surface area contributed by atoms with Gasteiger partial charge < -0.3 is 9.47 Å².